The summed E-state index contributed by atoms with van der Waals surface area (Å²) in [4.78, 5) is 12.3. The molecule has 0 saturated carbocycles. The van der Waals surface area contributed by atoms with Crippen LogP contribution >= 0.6 is 0 Å². The maximum atomic E-state index is 12.3. The van der Waals surface area contributed by atoms with Gasteiger partial charge in [-0.15, -0.1) is 0 Å². The number of hydrogen-bond donors (Lipinski definition) is 2. The van der Waals surface area contributed by atoms with E-state index in [-0.39, 0.29) is 11.9 Å². The second-order valence-corrected chi connectivity index (χ2v) is 5.14. The molecule has 3 rings (SSSR count). The third-order valence-electron chi connectivity index (χ3n) is 3.74. The first-order chi connectivity index (χ1) is 9.24. The predicted octanol–water partition coefficient (Wildman–Crippen LogP) is 2.30. The van der Waals surface area contributed by atoms with Gasteiger partial charge < -0.3 is 5.32 Å². The maximum Gasteiger partial charge on any atom is 0.166 e. The van der Waals surface area contributed by atoms with Crippen molar-refractivity contribution in [3.63, 3.8) is 0 Å². The molecular weight excluding hydrogens is 236 g/mol. The maximum absolute atomic E-state index is 12.3. The van der Waals surface area contributed by atoms with Crippen molar-refractivity contribution in [2.24, 2.45) is 0 Å². The van der Waals surface area contributed by atoms with Gasteiger partial charge in [0.15, 0.2) is 5.78 Å². The zero-order chi connectivity index (χ0) is 13.2. The lowest BCUT2D eigenvalue weighted by Gasteiger charge is -2.12. The number of aryl methyl sites for hydroxylation is 1. The molecule has 0 spiro atoms. The highest BCUT2D eigenvalue weighted by atomic mass is 16.1. The van der Waals surface area contributed by atoms with Crippen LogP contribution in [0, 0.1) is 6.92 Å². The first-order valence-electron chi connectivity index (χ1n) is 6.72. The van der Waals surface area contributed by atoms with Crippen LogP contribution in [0.1, 0.15) is 28.8 Å². The smallest absolute Gasteiger partial charge is 0.166 e. The van der Waals surface area contributed by atoms with E-state index in [1.165, 1.54) is 5.70 Å². The Labute approximate surface area is 113 Å². The first kappa shape index (κ1) is 12.2. The number of carbonyl (C=O) groups excluding carboxylic acids is 1. The average Bonchev–Trinajstić information content (AvgIpc) is 2.81. The minimum Gasteiger partial charge on any atom is -0.371 e. The van der Waals surface area contributed by atoms with Crippen LogP contribution in [0.15, 0.2) is 48.2 Å². The van der Waals surface area contributed by atoms with E-state index >= 15 is 0 Å². The number of allylic oxidation sites excluding steroid dienone is 2. The van der Waals surface area contributed by atoms with E-state index in [4.69, 9.17) is 0 Å². The normalized spacial score (nSPS) is 24.6. The number of ketones is 1. The average molecular weight is 254 g/mol. The van der Waals surface area contributed by atoms with Crippen molar-refractivity contribution in [2.45, 2.75) is 32.0 Å². The van der Waals surface area contributed by atoms with Gasteiger partial charge in [0, 0.05) is 17.7 Å². The Kier molecular flexibility index (Phi) is 3.22. The summed E-state index contributed by atoms with van der Waals surface area (Å²) in [6.45, 7) is 1.98. The van der Waals surface area contributed by atoms with Gasteiger partial charge in [0.1, 0.15) is 0 Å². The largest absolute Gasteiger partial charge is 0.371 e. The standard InChI is InChI=1S/C16H18N2O/c1-11-6-2-3-7-12(11)15(19)10-16-17-13-8-4-5-9-14(13)18-16/h2-8,14,16-18H,9-10H2,1H3. The lowest BCUT2D eigenvalue weighted by atomic mass is 10.0. The molecule has 2 aliphatic rings. The molecule has 1 aliphatic heterocycles. The summed E-state index contributed by atoms with van der Waals surface area (Å²) in [5.74, 6) is 0.190. The van der Waals surface area contributed by atoms with E-state index in [0.29, 0.717) is 12.5 Å². The van der Waals surface area contributed by atoms with Gasteiger partial charge in [0.05, 0.1) is 12.2 Å². The van der Waals surface area contributed by atoms with Gasteiger partial charge >= 0.3 is 0 Å². The second-order valence-electron chi connectivity index (χ2n) is 5.14. The highest BCUT2D eigenvalue weighted by molar-refractivity contribution is 5.97. The van der Waals surface area contributed by atoms with Crippen molar-refractivity contribution in [1.29, 1.82) is 0 Å². The van der Waals surface area contributed by atoms with Crippen LogP contribution in [-0.2, 0) is 0 Å². The van der Waals surface area contributed by atoms with E-state index in [1.807, 2.05) is 31.2 Å². The zero-order valence-corrected chi connectivity index (χ0v) is 11.0. The molecule has 3 heteroatoms. The Hall–Kier alpha value is -1.87. The fourth-order valence-corrected chi connectivity index (χ4v) is 2.71. The van der Waals surface area contributed by atoms with Gasteiger partial charge in [-0.1, -0.05) is 36.4 Å². The van der Waals surface area contributed by atoms with Crippen molar-refractivity contribution >= 4 is 5.78 Å². The molecular formula is C16H18N2O. The molecule has 0 radical (unpaired) electrons. The van der Waals surface area contributed by atoms with E-state index < -0.39 is 0 Å². The Bertz CT molecular complexity index is 560. The molecule has 1 aromatic rings. The Morgan fingerprint density at radius 1 is 1.37 bits per heavy atom. The minimum atomic E-state index is 0.0447. The molecule has 1 aliphatic carbocycles. The molecule has 2 unspecified atom stereocenters. The molecule has 2 N–H and O–H groups in total. The van der Waals surface area contributed by atoms with E-state index in [1.54, 1.807) is 0 Å². The minimum absolute atomic E-state index is 0.0447. The van der Waals surface area contributed by atoms with E-state index in [2.05, 4.69) is 28.9 Å². The molecule has 0 bridgehead atoms. The van der Waals surface area contributed by atoms with Gasteiger partial charge in [-0.05, 0) is 25.0 Å². The van der Waals surface area contributed by atoms with Crippen molar-refractivity contribution in [3.05, 3.63) is 59.3 Å². The number of fused-ring (bicyclic) bond motifs is 1. The van der Waals surface area contributed by atoms with Crippen molar-refractivity contribution in [3.8, 4) is 0 Å². The second kappa shape index (κ2) is 5.02. The van der Waals surface area contributed by atoms with Gasteiger partial charge in [-0.25, -0.2) is 0 Å². The Balaban J connectivity index is 1.67. The summed E-state index contributed by atoms with van der Waals surface area (Å²) in [5, 5.41) is 6.85. The lowest BCUT2D eigenvalue weighted by molar-refractivity contribution is 0.0968. The molecule has 1 fully saturated rings. The Morgan fingerprint density at radius 3 is 3.00 bits per heavy atom. The molecule has 98 valence electrons. The van der Waals surface area contributed by atoms with E-state index in [9.17, 15) is 4.79 Å². The fraction of sp³-hybridized carbons (Fsp3) is 0.312. The summed E-state index contributed by atoms with van der Waals surface area (Å²) in [6.07, 6.45) is 7.81. The quantitative estimate of drug-likeness (QED) is 0.813. The SMILES string of the molecule is Cc1ccccc1C(=O)CC1NC2=CC=CCC2N1. The number of Topliss-reactive ketones (excluding diaryl/α,β-unsaturated/α-hetero) is 1. The number of rotatable bonds is 3. The van der Waals surface area contributed by atoms with Crippen LogP contribution in [0.25, 0.3) is 0 Å². The number of hydrogen-bond acceptors (Lipinski definition) is 3. The van der Waals surface area contributed by atoms with Crippen LogP contribution in [0.5, 0.6) is 0 Å². The summed E-state index contributed by atoms with van der Waals surface area (Å²) in [6, 6.07) is 8.11. The van der Waals surface area contributed by atoms with Crippen LogP contribution in [-0.4, -0.2) is 18.0 Å². The third kappa shape index (κ3) is 2.47. The summed E-state index contributed by atoms with van der Waals surface area (Å²) in [7, 11) is 0. The molecule has 1 heterocycles. The van der Waals surface area contributed by atoms with Crippen LogP contribution in [0.3, 0.4) is 0 Å². The molecule has 3 nitrogen and oxygen atoms in total. The first-order valence-corrected chi connectivity index (χ1v) is 6.72. The summed E-state index contributed by atoms with van der Waals surface area (Å²) >= 11 is 0. The lowest BCUT2D eigenvalue weighted by Crippen LogP contribution is -2.35. The van der Waals surface area contributed by atoms with Gasteiger partial charge in [0.2, 0.25) is 0 Å². The predicted molar refractivity (Wildman–Crippen MR) is 75.8 cm³/mol. The molecule has 1 aromatic carbocycles. The zero-order valence-electron chi connectivity index (χ0n) is 11.0. The monoisotopic (exact) mass is 254 g/mol. The topological polar surface area (TPSA) is 41.1 Å². The van der Waals surface area contributed by atoms with Crippen LogP contribution in [0.4, 0.5) is 0 Å². The number of carbonyl (C=O) groups is 1. The Morgan fingerprint density at radius 2 is 2.21 bits per heavy atom. The molecule has 0 aromatic heterocycles. The highest BCUT2D eigenvalue weighted by Gasteiger charge is 2.29. The fourth-order valence-electron chi connectivity index (χ4n) is 2.71. The van der Waals surface area contributed by atoms with Crippen LogP contribution in [0.2, 0.25) is 0 Å². The molecule has 19 heavy (non-hydrogen) atoms. The summed E-state index contributed by atoms with van der Waals surface area (Å²) in [5.41, 5.74) is 3.07. The van der Waals surface area contributed by atoms with E-state index in [0.717, 1.165) is 17.5 Å². The molecule has 0 amide bonds. The molecule has 2 atom stereocenters. The number of benzene rings is 1. The van der Waals surface area contributed by atoms with Gasteiger partial charge in [-0.3, -0.25) is 10.1 Å². The van der Waals surface area contributed by atoms with Gasteiger partial charge in [0.25, 0.3) is 0 Å². The van der Waals surface area contributed by atoms with Crippen molar-refractivity contribution in [2.75, 3.05) is 0 Å². The molecule has 1 saturated heterocycles. The third-order valence-corrected chi connectivity index (χ3v) is 3.74. The van der Waals surface area contributed by atoms with Crippen molar-refractivity contribution in [1.82, 2.24) is 10.6 Å². The van der Waals surface area contributed by atoms with Gasteiger partial charge in [-0.2, -0.15) is 0 Å². The van der Waals surface area contributed by atoms with Crippen molar-refractivity contribution < 1.29 is 4.79 Å². The van der Waals surface area contributed by atoms with Crippen LogP contribution < -0.4 is 10.6 Å². The highest BCUT2D eigenvalue weighted by Crippen LogP contribution is 2.19. The summed E-state index contributed by atoms with van der Waals surface area (Å²) < 4.78 is 0. The number of nitrogens with one attached hydrogen (secondary N) is 2.